The van der Waals surface area contributed by atoms with E-state index in [-0.39, 0.29) is 17.4 Å². The SMILES string of the molecule is Nc1cc(F)c(OC(F)F)cc1OCC1CCOC1. The van der Waals surface area contributed by atoms with Gasteiger partial charge in [0.05, 0.1) is 18.9 Å². The molecule has 1 atom stereocenters. The molecule has 1 fully saturated rings. The Morgan fingerprint density at radius 3 is 2.79 bits per heavy atom. The van der Waals surface area contributed by atoms with Crippen molar-refractivity contribution < 1.29 is 27.4 Å². The maximum Gasteiger partial charge on any atom is 0.387 e. The maximum absolute atomic E-state index is 13.3. The van der Waals surface area contributed by atoms with Crippen molar-refractivity contribution in [1.29, 1.82) is 0 Å². The predicted molar refractivity (Wildman–Crippen MR) is 61.9 cm³/mol. The van der Waals surface area contributed by atoms with E-state index in [9.17, 15) is 13.2 Å². The summed E-state index contributed by atoms with van der Waals surface area (Å²) >= 11 is 0. The van der Waals surface area contributed by atoms with Gasteiger partial charge >= 0.3 is 6.61 Å². The third-order valence-electron chi connectivity index (χ3n) is 2.78. The molecule has 0 bridgehead atoms. The Kier molecular flexibility index (Phi) is 4.36. The first-order valence-corrected chi connectivity index (χ1v) is 5.80. The van der Waals surface area contributed by atoms with Crippen LogP contribution in [0.5, 0.6) is 11.5 Å². The lowest BCUT2D eigenvalue weighted by Gasteiger charge is -2.14. The summed E-state index contributed by atoms with van der Waals surface area (Å²) in [5, 5.41) is 0. The summed E-state index contributed by atoms with van der Waals surface area (Å²) in [7, 11) is 0. The average molecular weight is 277 g/mol. The molecule has 1 aromatic rings. The molecular weight excluding hydrogens is 263 g/mol. The van der Waals surface area contributed by atoms with Gasteiger partial charge in [0.2, 0.25) is 0 Å². The van der Waals surface area contributed by atoms with Crippen LogP contribution in [-0.2, 0) is 4.74 Å². The molecule has 0 radical (unpaired) electrons. The number of hydrogen-bond acceptors (Lipinski definition) is 4. The minimum absolute atomic E-state index is 0.0398. The summed E-state index contributed by atoms with van der Waals surface area (Å²) < 4.78 is 52.1. The van der Waals surface area contributed by atoms with Crippen LogP contribution in [0.3, 0.4) is 0 Å². The molecule has 2 N–H and O–H groups in total. The molecule has 2 rings (SSSR count). The molecule has 0 aromatic heterocycles. The second-order valence-corrected chi connectivity index (χ2v) is 4.24. The van der Waals surface area contributed by atoms with Crippen molar-refractivity contribution in [2.24, 2.45) is 5.92 Å². The first-order valence-electron chi connectivity index (χ1n) is 5.80. The van der Waals surface area contributed by atoms with E-state index in [2.05, 4.69) is 4.74 Å². The molecule has 1 aliphatic rings. The molecule has 1 saturated heterocycles. The zero-order chi connectivity index (χ0) is 13.8. The van der Waals surface area contributed by atoms with Crippen LogP contribution in [0.4, 0.5) is 18.9 Å². The molecule has 1 aromatic carbocycles. The first kappa shape index (κ1) is 13.8. The Morgan fingerprint density at radius 1 is 1.37 bits per heavy atom. The lowest BCUT2D eigenvalue weighted by Crippen LogP contribution is -2.13. The monoisotopic (exact) mass is 277 g/mol. The fourth-order valence-corrected chi connectivity index (χ4v) is 1.78. The molecule has 1 heterocycles. The van der Waals surface area contributed by atoms with Crippen molar-refractivity contribution in [2.75, 3.05) is 25.6 Å². The number of ether oxygens (including phenoxy) is 3. The molecule has 1 unspecified atom stereocenters. The van der Waals surface area contributed by atoms with Crippen LogP contribution >= 0.6 is 0 Å². The van der Waals surface area contributed by atoms with E-state index >= 15 is 0 Å². The van der Waals surface area contributed by atoms with Crippen molar-refractivity contribution in [3.8, 4) is 11.5 Å². The van der Waals surface area contributed by atoms with Gasteiger partial charge in [-0.2, -0.15) is 8.78 Å². The molecule has 7 heteroatoms. The molecule has 0 aliphatic carbocycles. The van der Waals surface area contributed by atoms with Crippen LogP contribution in [-0.4, -0.2) is 26.4 Å². The minimum Gasteiger partial charge on any atom is -0.491 e. The smallest absolute Gasteiger partial charge is 0.387 e. The van der Waals surface area contributed by atoms with Crippen molar-refractivity contribution >= 4 is 5.69 Å². The summed E-state index contributed by atoms with van der Waals surface area (Å²) in [6.45, 7) is -1.51. The van der Waals surface area contributed by atoms with Crippen molar-refractivity contribution in [3.05, 3.63) is 17.9 Å². The molecule has 4 nitrogen and oxygen atoms in total. The number of halogens is 3. The Bertz CT molecular complexity index is 436. The van der Waals surface area contributed by atoms with E-state index in [0.29, 0.717) is 19.8 Å². The summed E-state index contributed by atoms with van der Waals surface area (Å²) in [5.74, 6) is -1.18. The van der Waals surface area contributed by atoms with E-state index < -0.39 is 18.2 Å². The number of anilines is 1. The maximum atomic E-state index is 13.3. The fraction of sp³-hybridized carbons (Fsp3) is 0.500. The third kappa shape index (κ3) is 3.66. The summed E-state index contributed by atoms with van der Waals surface area (Å²) in [6.07, 6.45) is 0.863. The van der Waals surface area contributed by atoms with Crippen molar-refractivity contribution in [2.45, 2.75) is 13.0 Å². The Balaban J connectivity index is 2.05. The lowest BCUT2D eigenvalue weighted by molar-refractivity contribution is -0.0522. The molecule has 1 aliphatic heterocycles. The number of alkyl halides is 2. The molecule has 0 spiro atoms. The Morgan fingerprint density at radius 2 is 2.16 bits per heavy atom. The zero-order valence-electron chi connectivity index (χ0n) is 10.1. The Hall–Kier alpha value is -1.63. The van der Waals surface area contributed by atoms with Crippen LogP contribution in [0.1, 0.15) is 6.42 Å². The van der Waals surface area contributed by atoms with E-state index in [1.807, 2.05) is 0 Å². The highest BCUT2D eigenvalue weighted by Gasteiger charge is 2.18. The van der Waals surface area contributed by atoms with Crippen molar-refractivity contribution in [1.82, 2.24) is 0 Å². The van der Waals surface area contributed by atoms with Crippen LogP contribution in [0, 0.1) is 11.7 Å². The standard InChI is InChI=1S/C12H14F3NO3/c13-8-3-9(16)11(4-10(8)19-12(14)15)18-6-7-1-2-17-5-7/h3-4,7,12H,1-2,5-6,16H2. The van der Waals surface area contributed by atoms with Gasteiger partial charge in [-0.15, -0.1) is 0 Å². The van der Waals surface area contributed by atoms with Gasteiger partial charge in [0.15, 0.2) is 11.6 Å². The summed E-state index contributed by atoms with van der Waals surface area (Å²) in [5.41, 5.74) is 5.61. The zero-order valence-corrected chi connectivity index (χ0v) is 10.1. The third-order valence-corrected chi connectivity index (χ3v) is 2.78. The minimum atomic E-state index is -3.10. The fourth-order valence-electron chi connectivity index (χ4n) is 1.78. The second-order valence-electron chi connectivity index (χ2n) is 4.24. The van der Waals surface area contributed by atoms with Crippen LogP contribution in [0.2, 0.25) is 0 Å². The second kappa shape index (κ2) is 6.01. The predicted octanol–water partition coefficient (Wildman–Crippen LogP) is 2.42. The lowest BCUT2D eigenvalue weighted by atomic mass is 10.1. The average Bonchev–Trinajstić information content (AvgIpc) is 2.83. The van der Waals surface area contributed by atoms with Gasteiger partial charge in [0.25, 0.3) is 0 Å². The highest BCUT2D eigenvalue weighted by atomic mass is 19.3. The number of rotatable bonds is 5. The van der Waals surface area contributed by atoms with Gasteiger partial charge in [-0.05, 0) is 6.42 Å². The summed E-state index contributed by atoms with van der Waals surface area (Å²) in [4.78, 5) is 0. The number of nitrogen functional groups attached to an aromatic ring is 1. The number of nitrogens with two attached hydrogens (primary N) is 1. The number of hydrogen-bond donors (Lipinski definition) is 1. The normalized spacial score (nSPS) is 18.8. The van der Waals surface area contributed by atoms with Gasteiger partial charge in [-0.1, -0.05) is 0 Å². The van der Waals surface area contributed by atoms with E-state index in [1.165, 1.54) is 0 Å². The van der Waals surface area contributed by atoms with E-state index in [0.717, 1.165) is 18.6 Å². The van der Waals surface area contributed by atoms with Gasteiger partial charge in [0.1, 0.15) is 5.75 Å². The highest BCUT2D eigenvalue weighted by Crippen LogP contribution is 2.31. The molecular formula is C12H14F3NO3. The summed E-state index contributed by atoms with van der Waals surface area (Å²) in [6, 6.07) is 1.94. The van der Waals surface area contributed by atoms with Crippen LogP contribution in [0.15, 0.2) is 12.1 Å². The van der Waals surface area contributed by atoms with Crippen molar-refractivity contribution in [3.63, 3.8) is 0 Å². The highest BCUT2D eigenvalue weighted by molar-refractivity contribution is 5.56. The van der Waals surface area contributed by atoms with E-state index in [1.54, 1.807) is 0 Å². The van der Waals surface area contributed by atoms with Gasteiger partial charge in [-0.25, -0.2) is 4.39 Å². The number of benzene rings is 1. The Labute approximate surface area is 108 Å². The van der Waals surface area contributed by atoms with Crippen LogP contribution < -0.4 is 15.2 Å². The van der Waals surface area contributed by atoms with Gasteiger partial charge < -0.3 is 19.9 Å². The molecule has 0 amide bonds. The quantitative estimate of drug-likeness (QED) is 0.840. The molecule has 106 valence electrons. The largest absolute Gasteiger partial charge is 0.491 e. The van der Waals surface area contributed by atoms with Gasteiger partial charge in [0, 0.05) is 24.7 Å². The molecule has 19 heavy (non-hydrogen) atoms. The van der Waals surface area contributed by atoms with E-state index in [4.69, 9.17) is 15.2 Å². The van der Waals surface area contributed by atoms with Gasteiger partial charge in [-0.3, -0.25) is 0 Å². The van der Waals surface area contributed by atoms with Crippen LogP contribution in [0.25, 0.3) is 0 Å². The molecule has 0 saturated carbocycles. The topological polar surface area (TPSA) is 53.7 Å². The first-order chi connectivity index (χ1) is 9.06.